The van der Waals surface area contributed by atoms with Gasteiger partial charge in [-0.1, -0.05) is 11.6 Å². The van der Waals surface area contributed by atoms with E-state index in [9.17, 15) is 0 Å². The second-order valence-corrected chi connectivity index (χ2v) is 3.74. The van der Waals surface area contributed by atoms with Gasteiger partial charge in [0.15, 0.2) is 5.82 Å². The Hall–Kier alpha value is -0.940. The Morgan fingerprint density at radius 1 is 1.57 bits per heavy atom. The number of nitrogens with zero attached hydrogens (tertiary/aromatic N) is 3. The molecular weight excluding hydrogens is 180 g/mol. The molecule has 5 nitrogen and oxygen atoms in total. The number of hydrogen-bond acceptors (Lipinski definition) is 5. The van der Waals surface area contributed by atoms with Crippen LogP contribution in [0.1, 0.15) is 37.0 Å². The molecule has 1 unspecified atom stereocenters. The summed E-state index contributed by atoms with van der Waals surface area (Å²) in [6, 6.07) is 0.313. The van der Waals surface area contributed by atoms with Gasteiger partial charge in [0.05, 0.1) is 12.6 Å². The van der Waals surface area contributed by atoms with Crippen LogP contribution in [0.15, 0.2) is 4.52 Å². The van der Waals surface area contributed by atoms with Crippen molar-refractivity contribution in [1.82, 2.24) is 15.0 Å². The lowest BCUT2D eigenvalue weighted by molar-refractivity contribution is 0.176. The van der Waals surface area contributed by atoms with Gasteiger partial charge in [-0.15, -0.1) is 0 Å². The van der Waals surface area contributed by atoms with Crippen molar-refractivity contribution < 1.29 is 4.52 Å². The maximum atomic E-state index is 5.42. The molecule has 14 heavy (non-hydrogen) atoms. The molecule has 1 aromatic rings. The molecule has 0 aromatic carbocycles. The monoisotopic (exact) mass is 196 g/mol. The molecule has 0 bridgehead atoms. The minimum absolute atomic E-state index is 0.313. The second kappa shape index (κ2) is 4.06. The van der Waals surface area contributed by atoms with Gasteiger partial charge in [0, 0.05) is 0 Å². The Morgan fingerprint density at radius 3 is 3.07 bits per heavy atom. The van der Waals surface area contributed by atoms with Crippen LogP contribution in [0, 0.1) is 0 Å². The average Bonchev–Trinajstić information content (AvgIpc) is 2.67. The molecule has 1 fully saturated rings. The summed E-state index contributed by atoms with van der Waals surface area (Å²) in [5.74, 6) is 1.31. The van der Waals surface area contributed by atoms with E-state index >= 15 is 0 Å². The molecule has 1 atom stereocenters. The van der Waals surface area contributed by atoms with Crippen LogP contribution in [0.3, 0.4) is 0 Å². The first-order chi connectivity index (χ1) is 6.81. The molecule has 2 N–H and O–H groups in total. The predicted molar refractivity (Wildman–Crippen MR) is 51.4 cm³/mol. The third-order valence-corrected chi connectivity index (χ3v) is 2.73. The van der Waals surface area contributed by atoms with Gasteiger partial charge in [-0.2, -0.15) is 4.98 Å². The van der Waals surface area contributed by atoms with Crippen molar-refractivity contribution in [3.05, 3.63) is 11.7 Å². The smallest absolute Gasteiger partial charge is 0.240 e. The molecule has 2 rings (SSSR count). The molecule has 0 aliphatic carbocycles. The van der Waals surface area contributed by atoms with Gasteiger partial charge in [-0.25, -0.2) is 0 Å². The van der Waals surface area contributed by atoms with Crippen LogP contribution in [0.4, 0.5) is 0 Å². The molecule has 5 heteroatoms. The number of piperidine rings is 1. The van der Waals surface area contributed by atoms with Crippen molar-refractivity contribution >= 4 is 0 Å². The van der Waals surface area contributed by atoms with Gasteiger partial charge in [-0.3, -0.25) is 4.90 Å². The van der Waals surface area contributed by atoms with Crippen molar-refractivity contribution in [2.45, 2.75) is 31.8 Å². The number of aromatic nitrogens is 2. The zero-order valence-electron chi connectivity index (χ0n) is 8.44. The molecule has 0 saturated carbocycles. The molecule has 1 saturated heterocycles. The first-order valence-electron chi connectivity index (χ1n) is 5.04. The van der Waals surface area contributed by atoms with Gasteiger partial charge < -0.3 is 10.3 Å². The molecule has 0 spiro atoms. The van der Waals surface area contributed by atoms with Crippen LogP contribution < -0.4 is 5.73 Å². The lowest BCUT2D eigenvalue weighted by Crippen LogP contribution is -2.30. The summed E-state index contributed by atoms with van der Waals surface area (Å²) in [4.78, 5) is 6.53. The molecule has 1 aliphatic rings. The summed E-state index contributed by atoms with van der Waals surface area (Å²) in [6.45, 7) is 1.43. The standard InChI is InChI=1S/C9H16N4O/c1-13-5-3-2-4-7(13)9-11-8(6-10)14-12-9/h7H,2-6,10H2,1H3. The lowest BCUT2D eigenvalue weighted by Gasteiger charge is -2.29. The van der Waals surface area contributed by atoms with Gasteiger partial charge >= 0.3 is 0 Å². The quantitative estimate of drug-likeness (QED) is 0.753. The van der Waals surface area contributed by atoms with Crippen molar-refractivity contribution in [3.8, 4) is 0 Å². The topological polar surface area (TPSA) is 68.2 Å². The molecular formula is C9H16N4O. The van der Waals surface area contributed by atoms with Crippen molar-refractivity contribution in [1.29, 1.82) is 0 Å². The van der Waals surface area contributed by atoms with E-state index in [-0.39, 0.29) is 0 Å². The van der Waals surface area contributed by atoms with E-state index in [1.54, 1.807) is 0 Å². The predicted octanol–water partition coefficient (Wildman–Crippen LogP) is 0.685. The Balaban J connectivity index is 2.12. The van der Waals surface area contributed by atoms with Gasteiger partial charge in [0.2, 0.25) is 5.89 Å². The van der Waals surface area contributed by atoms with E-state index < -0.39 is 0 Å². The molecule has 1 aromatic heterocycles. The van der Waals surface area contributed by atoms with Crippen LogP contribution in [-0.2, 0) is 6.54 Å². The Kier molecular flexibility index (Phi) is 2.79. The Labute approximate surface area is 83.3 Å². The number of nitrogens with two attached hydrogens (primary N) is 1. The first kappa shape index (κ1) is 9.61. The van der Waals surface area contributed by atoms with E-state index in [2.05, 4.69) is 22.1 Å². The van der Waals surface area contributed by atoms with Gasteiger partial charge in [0.1, 0.15) is 0 Å². The van der Waals surface area contributed by atoms with E-state index in [0.29, 0.717) is 18.5 Å². The summed E-state index contributed by atoms with van der Waals surface area (Å²) in [7, 11) is 2.10. The summed E-state index contributed by atoms with van der Waals surface area (Å²) in [6.07, 6.45) is 3.61. The minimum Gasteiger partial charge on any atom is -0.338 e. The van der Waals surface area contributed by atoms with E-state index in [0.717, 1.165) is 18.8 Å². The first-order valence-corrected chi connectivity index (χ1v) is 5.04. The molecule has 2 heterocycles. The minimum atomic E-state index is 0.313. The zero-order valence-corrected chi connectivity index (χ0v) is 8.44. The van der Waals surface area contributed by atoms with Crippen LogP contribution in [0.5, 0.6) is 0 Å². The highest BCUT2D eigenvalue weighted by molar-refractivity contribution is 4.95. The Morgan fingerprint density at radius 2 is 2.43 bits per heavy atom. The summed E-state index contributed by atoms with van der Waals surface area (Å²) in [5.41, 5.74) is 5.42. The molecule has 78 valence electrons. The summed E-state index contributed by atoms with van der Waals surface area (Å²) in [5, 5.41) is 3.95. The van der Waals surface area contributed by atoms with Crippen LogP contribution in [-0.4, -0.2) is 28.6 Å². The third-order valence-electron chi connectivity index (χ3n) is 2.73. The lowest BCUT2D eigenvalue weighted by atomic mass is 10.0. The molecule has 1 aliphatic heterocycles. The maximum absolute atomic E-state index is 5.42. The highest BCUT2D eigenvalue weighted by Crippen LogP contribution is 2.27. The fourth-order valence-electron chi connectivity index (χ4n) is 1.89. The van der Waals surface area contributed by atoms with Crippen LogP contribution in [0.2, 0.25) is 0 Å². The summed E-state index contributed by atoms with van der Waals surface area (Å²) < 4.78 is 5.00. The van der Waals surface area contributed by atoms with Crippen molar-refractivity contribution in [3.63, 3.8) is 0 Å². The average molecular weight is 196 g/mol. The van der Waals surface area contributed by atoms with E-state index in [1.165, 1.54) is 12.8 Å². The van der Waals surface area contributed by atoms with Gasteiger partial charge in [-0.05, 0) is 26.4 Å². The fourth-order valence-corrected chi connectivity index (χ4v) is 1.89. The maximum Gasteiger partial charge on any atom is 0.240 e. The number of likely N-dealkylation sites (tertiary alicyclic amines) is 1. The molecule has 0 amide bonds. The fraction of sp³-hybridized carbons (Fsp3) is 0.778. The number of hydrogen-bond donors (Lipinski definition) is 1. The zero-order chi connectivity index (χ0) is 9.97. The highest BCUT2D eigenvalue weighted by atomic mass is 16.5. The van der Waals surface area contributed by atoms with E-state index in [1.807, 2.05) is 0 Å². The van der Waals surface area contributed by atoms with Crippen molar-refractivity contribution in [2.75, 3.05) is 13.6 Å². The molecule has 0 radical (unpaired) electrons. The van der Waals surface area contributed by atoms with Gasteiger partial charge in [0.25, 0.3) is 0 Å². The largest absolute Gasteiger partial charge is 0.338 e. The third kappa shape index (κ3) is 1.78. The normalized spacial score (nSPS) is 24.0. The highest BCUT2D eigenvalue weighted by Gasteiger charge is 2.24. The van der Waals surface area contributed by atoms with E-state index in [4.69, 9.17) is 10.3 Å². The number of rotatable bonds is 2. The SMILES string of the molecule is CN1CCCCC1c1noc(CN)n1. The van der Waals surface area contributed by atoms with Crippen LogP contribution in [0.25, 0.3) is 0 Å². The van der Waals surface area contributed by atoms with Crippen LogP contribution >= 0.6 is 0 Å². The second-order valence-electron chi connectivity index (χ2n) is 3.74. The van der Waals surface area contributed by atoms with Crippen molar-refractivity contribution in [2.24, 2.45) is 5.73 Å². The Bertz CT molecular complexity index is 299. The summed E-state index contributed by atoms with van der Waals surface area (Å²) >= 11 is 0.